The third-order valence-corrected chi connectivity index (χ3v) is 4.82. The fourth-order valence-electron chi connectivity index (χ4n) is 2.80. The largest absolute Gasteiger partial charge is 0.489 e. The van der Waals surface area contributed by atoms with E-state index in [-0.39, 0.29) is 12.3 Å². The fourth-order valence-corrected chi connectivity index (χ4v) is 3.29. The summed E-state index contributed by atoms with van der Waals surface area (Å²) in [5, 5.41) is 7.17. The summed E-state index contributed by atoms with van der Waals surface area (Å²) in [5.74, 6) is 0.526. The summed E-state index contributed by atoms with van der Waals surface area (Å²) in [6.45, 7) is 6.15. The molecule has 0 saturated carbocycles. The number of carbonyl (C=O) groups excluding carboxylic acids is 1. The van der Waals surface area contributed by atoms with Crippen molar-refractivity contribution in [2.45, 2.75) is 13.3 Å². The zero-order valence-corrected chi connectivity index (χ0v) is 18.1. The molecule has 0 aliphatic carbocycles. The molecule has 6 heteroatoms. The number of nitrogens with one attached hydrogen (secondary N) is 2. The average molecular weight is 441 g/mol. The number of rotatable bonds is 8. The van der Waals surface area contributed by atoms with Crippen molar-refractivity contribution in [1.29, 1.82) is 0 Å². The quantitative estimate of drug-likeness (QED) is 0.375. The van der Waals surface area contributed by atoms with Crippen LogP contribution >= 0.6 is 23.2 Å². The van der Waals surface area contributed by atoms with Crippen LogP contribution in [0.25, 0.3) is 0 Å². The van der Waals surface area contributed by atoms with Crippen molar-refractivity contribution in [2.75, 3.05) is 17.2 Å². The van der Waals surface area contributed by atoms with Gasteiger partial charge in [-0.2, -0.15) is 0 Å². The first-order valence-corrected chi connectivity index (χ1v) is 10.1. The third kappa shape index (κ3) is 6.02. The van der Waals surface area contributed by atoms with Gasteiger partial charge in [0.05, 0.1) is 22.2 Å². The van der Waals surface area contributed by atoms with E-state index < -0.39 is 0 Å². The van der Waals surface area contributed by atoms with Crippen LogP contribution in [0.4, 0.5) is 17.1 Å². The Morgan fingerprint density at radius 1 is 1.00 bits per heavy atom. The van der Waals surface area contributed by atoms with Gasteiger partial charge in [-0.3, -0.25) is 4.79 Å². The number of anilines is 3. The van der Waals surface area contributed by atoms with Gasteiger partial charge in [0.2, 0.25) is 5.91 Å². The molecule has 0 aliphatic heterocycles. The van der Waals surface area contributed by atoms with Crippen LogP contribution in [0.15, 0.2) is 78.9 Å². The second-order valence-corrected chi connectivity index (χ2v) is 7.69. The summed E-state index contributed by atoms with van der Waals surface area (Å²) < 4.78 is 5.63. The SMILES string of the molecule is C=C(C)COc1cccc(NC(=O)Cc2ccccc2Nc2c(Cl)cccc2Cl)c1. The Hall–Kier alpha value is -2.95. The van der Waals surface area contributed by atoms with Crippen LogP contribution in [0.3, 0.4) is 0 Å². The molecule has 0 aliphatic rings. The third-order valence-electron chi connectivity index (χ3n) is 4.19. The minimum absolute atomic E-state index is 0.147. The van der Waals surface area contributed by atoms with Crippen molar-refractivity contribution in [3.63, 3.8) is 0 Å². The Morgan fingerprint density at radius 3 is 2.43 bits per heavy atom. The monoisotopic (exact) mass is 440 g/mol. The zero-order valence-electron chi connectivity index (χ0n) is 16.5. The number of benzene rings is 3. The van der Waals surface area contributed by atoms with Gasteiger partial charge in [-0.05, 0) is 48.4 Å². The summed E-state index contributed by atoms with van der Waals surface area (Å²) in [4.78, 5) is 12.7. The molecule has 0 saturated heterocycles. The summed E-state index contributed by atoms with van der Waals surface area (Å²) in [7, 11) is 0. The Balaban J connectivity index is 1.71. The van der Waals surface area contributed by atoms with Crippen LogP contribution < -0.4 is 15.4 Å². The second-order valence-electron chi connectivity index (χ2n) is 6.88. The van der Waals surface area contributed by atoms with E-state index in [9.17, 15) is 4.79 Å². The lowest BCUT2D eigenvalue weighted by Crippen LogP contribution is -2.15. The minimum Gasteiger partial charge on any atom is -0.489 e. The summed E-state index contributed by atoms with van der Waals surface area (Å²) in [6, 6.07) is 20.1. The minimum atomic E-state index is -0.147. The molecule has 0 aromatic heterocycles. The first-order chi connectivity index (χ1) is 14.4. The van der Waals surface area contributed by atoms with Crippen LogP contribution in [0.1, 0.15) is 12.5 Å². The number of amides is 1. The second kappa shape index (κ2) is 10.2. The van der Waals surface area contributed by atoms with E-state index in [2.05, 4.69) is 17.2 Å². The first kappa shape index (κ1) is 21.8. The summed E-state index contributed by atoms with van der Waals surface area (Å²) in [6.07, 6.45) is 0.183. The normalized spacial score (nSPS) is 10.4. The molecule has 3 rings (SSSR count). The van der Waals surface area contributed by atoms with Gasteiger partial charge in [0.1, 0.15) is 12.4 Å². The maximum atomic E-state index is 12.7. The smallest absolute Gasteiger partial charge is 0.228 e. The van der Waals surface area contributed by atoms with Gasteiger partial charge < -0.3 is 15.4 Å². The number of carbonyl (C=O) groups is 1. The molecule has 154 valence electrons. The molecule has 0 unspecified atom stereocenters. The lowest BCUT2D eigenvalue weighted by Gasteiger charge is -2.14. The van der Waals surface area contributed by atoms with Crippen molar-refractivity contribution in [2.24, 2.45) is 0 Å². The highest BCUT2D eigenvalue weighted by Gasteiger charge is 2.12. The van der Waals surface area contributed by atoms with E-state index in [4.69, 9.17) is 27.9 Å². The van der Waals surface area contributed by atoms with Gasteiger partial charge >= 0.3 is 0 Å². The molecule has 1 amide bonds. The zero-order chi connectivity index (χ0) is 21.5. The number of halogens is 2. The summed E-state index contributed by atoms with van der Waals surface area (Å²) in [5.41, 5.74) is 3.78. The molecule has 0 bridgehead atoms. The Kier molecular flexibility index (Phi) is 7.39. The standard InChI is InChI=1S/C24H22Cl2N2O2/c1-16(2)15-30-19-9-5-8-18(14-19)27-23(29)13-17-7-3-4-12-22(17)28-24-20(25)10-6-11-21(24)26/h3-12,14,28H,1,13,15H2,2H3,(H,27,29). The Morgan fingerprint density at radius 2 is 1.70 bits per heavy atom. The molecule has 2 N–H and O–H groups in total. The average Bonchev–Trinajstić information content (AvgIpc) is 2.71. The van der Waals surface area contributed by atoms with E-state index in [0.717, 1.165) is 16.8 Å². The molecule has 0 heterocycles. The lowest BCUT2D eigenvalue weighted by molar-refractivity contribution is -0.115. The topological polar surface area (TPSA) is 50.4 Å². The molecular formula is C24H22Cl2N2O2. The van der Waals surface area contributed by atoms with Gasteiger partial charge in [0.15, 0.2) is 0 Å². The first-order valence-electron chi connectivity index (χ1n) is 9.38. The number of para-hydroxylation sites is 2. The van der Waals surface area contributed by atoms with E-state index in [1.54, 1.807) is 24.3 Å². The van der Waals surface area contributed by atoms with Crippen LogP contribution in [-0.2, 0) is 11.2 Å². The molecule has 3 aromatic carbocycles. The Bertz CT molecular complexity index is 1050. The van der Waals surface area contributed by atoms with Gasteiger partial charge in [0.25, 0.3) is 0 Å². The van der Waals surface area contributed by atoms with Crippen molar-refractivity contribution >= 4 is 46.2 Å². The number of hydrogen-bond acceptors (Lipinski definition) is 3. The van der Waals surface area contributed by atoms with E-state index in [1.807, 2.05) is 49.4 Å². The van der Waals surface area contributed by atoms with Gasteiger partial charge in [0, 0.05) is 17.4 Å². The van der Waals surface area contributed by atoms with Crippen LogP contribution in [-0.4, -0.2) is 12.5 Å². The maximum absolute atomic E-state index is 12.7. The van der Waals surface area contributed by atoms with E-state index in [0.29, 0.717) is 33.8 Å². The molecular weight excluding hydrogens is 419 g/mol. The van der Waals surface area contributed by atoms with Crippen molar-refractivity contribution in [3.05, 3.63) is 94.5 Å². The predicted octanol–water partition coefficient (Wildman–Crippen LogP) is 6.87. The molecule has 0 fully saturated rings. The Labute approximate surface area is 186 Å². The molecule has 3 aromatic rings. The van der Waals surface area contributed by atoms with Crippen molar-refractivity contribution < 1.29 is 9.53 Å². The predicted molar refractivity (Wildman–Crippen MR) is 125 cm³/mol. The van der Waals surface area contributed by atoms with Crippen LogP contribution in [0.5, 0.6) is 5.75 Å². The molecule has 0 radical (unpaired) electrons. The highest BCUT2D eigenvalue weighted by molar-refractivity contribution is 6.39. The summed E-state index contributed by atoms with van der Waals surface area (Å²) >= 11 is 12.5. The number of ether oxygens (including phenoxy) is 1. The van der Waals surface area contributed by atoms with Gasteiger partial charge in [-0.25, -0.2) is 0 Å². The molecule has 30 heavy (non-hydrogen) atoms. The van der Waals surface area contributed by atoms with Gasteiger partial charge in [-0.1, -0.05) is 60.1 Å². The van der Waals surface area contributed by atoms with Crippen molar-refractivity contribution in [1.82, 2.24) is 0 Å². The number of hydrogen-bond donors (Lipinski definition) is 2. The van der Waals surface area contributed by atoms with E-state index in [1.165, 1.54) is 0 Å². The molecule has 4 nitrogen and oxygen atoms in total. The fraction of sp³-hybridized carbons (Fsp3) is 0.125. The highest BCUT2D eigenvalue weighted by Crippen LogP contribution is 2.33. The molecule has 0 spiro atoms. The lowest BCUT2D eigenvalue weighted by atomic mass is 10.1. The van der Waals surface area contributed by atoms with E-state index >= 15 is 0 Å². The van der Waals surface area contributed by atoms with Crippen LogP contribution in [0.2, 0.25) is 10.0 Å². The molecule has 0 atom stereocenters. The van der Waals surface area contributed by atoms with Crippen LogP contribution in [0, 0.1) is 0 Å². The van der Waals surface area contributed by atoms with Crippen molar-refractivity contribution in [3.8, 4) is 5.75 Å². The van der Waals surface area contributed by atoms with Gasteiger partial charge in [-0.15, -0.1) is 0 Å². The highest BCUT2D eigenvalue weighted by atomic mass is 35.5. The maximum Gasteiger partial charge on any atom is 0.228 e.